The summed E-state index contributed by atoms with van der Waals surface area (Å²) in [6, 6.07) is 5.23. The van der Waals surface area contributed by atoms with Gasteiger partial charge in [-0.25, -0.2) is 9.59 Å². The molecule has 8 heteroatoms. The fourth-order valence-corrected chi connectivity index (χ4v) is 4.32. The lowest BCUT2D eigenvalue weighted by Crippen LogP contribution is -2.51. The van der Waals surface area contributed by atoms with E-state index in [0.29, 0.717) is 42.8 Å². The molecule has 0 saturated carbocycles. The number of hydrogen-bond donors (Lipinski definition) is 0. The van der Waals surface area contributed by atoms with Crippen molar-refractivity contribution in [1.82, 2.24) is 4.90 Å². The molecule has 8 nitrogen and oxygen atoms in total. The van der Waals surface area contributed by atoms with Crippen molar-refractivity contribution in [1.29, 1.82) is 0 Å². The number of likely N-dealkylation sites (tertiary alicyclic amines) is 1. The van der Waals surface area contributed by atoms with E-state index < -0.39 is 17.9 Å². The van der Waals surface area contributed by atoms with Crippen molar-refractivity contribution in [3.63, 3.8) is 0 Å². The van der Waals surface area contributed by atoms with Gasteiger partial charge >= 0.3 is 11.8 Å². The summed E-state index contributed by atoms with van der Waals surface area (Å²) in [6.07, 6.45) is 1.43. The van der Waals surface area contributed by atoms with Crippen LogP contribution in [0.3, 0.4) is 0 Å². The summed E-state index contributed by atoms with van der Waals surface area (Å²) >= 11 is 0. The lowest BCUT2D eigenvalue weighted by molar-refractivity contribution is -0.141. The normalized spacial score (nSPS) is 18.7. The molecule has 4 rings (SSSR count). The third kappa shape index (κ3) is 4.11. The Labute approximate surface area is 180 Å². The summed E-state index contributed by atoms with van der Waals surface area (Å²) in [4.78, 5) is 37.9. The second-order valence-electron chi connectivity index (χ2n) is 8.32. The molecular weight excluding hydrogens is 402 g/mol. The number of rotatable bonds is 5. The molecule has 2 saturated heterocycles. The van der Waals surface area contributed by atoms with E-state index >= 15 is 0 Å². The van der Waals surface area contributed by atoms with E-state index in [1.54, 1.807) is 11.8 Å². The van der Waals surface area contributed by atoms with Crippen LogP contribution >= 0.6 is 0 Å². The molecule has 0 aliphatic carbocycles. The Kier molecular flexibility index (Phi) is 5.64. The maximum Gasteiger partial charge on any atom is 0.509 e. The van der Waals surface area contributed by atoms with Gasteiger partial charge < -0.3 is 23.5 Å². The van der Waals surface area contributed by atoms with Crippen LogP contribution in [0.2, 0.25) is 0 Å². The Morgan fingerprint density at radius 1 is 1.26 bits per heavy atom. The van der Waals surface area contributed by atoms with Crippen LogP contribution in [-0.4, -0.2) is 48.4 Å². The van der Waals surface area contributed by atoms with E-state index in [1.807, 2.05) is 19.1 Å². The summed E-state index contributed by atoms with van der Waals surface area (Å²) in [5, 5.41) is 0.889. The Morgan fingerprint density at radius 3 is 2.65 bits per heavy atom. The van der Waals surface area contributed by atoms with E-state index in [2.05, 4.69) is 6.92 Å². The lowest BCUT2D eigenvalue weighted by Gasteiger charge is -2.37. The van der Waals surface area contributed by atoms with Gasteiger partial charge in [0.15, 0.2) is 11.7 Å². The Bertz CT molecular complexity index is 1070. The SMILES string of the molecule is CCCc1cc(=O)oc2c(C)c(OC(C)C(=O)N3CCC4(CC3)COC(=O)O4)ccc12. The molecule has 1 unspecified atom stereocenters. The van der Waals surface area contributed by atoms with Crippen molar-refractivity contribution < 1.29 is 28.2 Å². The van der Waals surface area contributed by atoms with Gasteiger partial charge in [-0.15, -0.1) is 0 Å². The minimum atomic E-state index is -0.710. The van der Waals surface area contributed by atoms with Crippen molar-refractivity contribution >= 4 is 23.0 Å². The number of cyclic esters (lactones) is 1. The van der Waals surface area contributed by atoms with Crippen molar-refractivity contribution in [2.45, 2.75) is 58.2 Å². The van der Waals surface area contributed by atoms with Gasteiger partial charge in [-0.05, 0) is 38.0 Å². The third-order valence-electron chi connectivity index (χ3n) is 6.11. The molecule has 3 heterocycles. The number of hydrogen-bond acceptors (Lipinski definition) is 7. The van der Waals surface area contributed by atoms with Crippen LogP contribution in [0.4, 0.5) is 4.79 Å². The fraction of sp³-hybridized carbons (Fsp3) is 0.522. The molecule has 31 heavy (non-hydrogen) atoms. The predicted molar refractivity (Wildman–Crippen MR) is 112 cm³/mol. The molecule has 0 N–H and O–H groups in total. The summed E-state index contributed by atoms with van der Waals surface area (Å²) in [5.74, 6) is 0.373. The van der Waals surface area contributed by atoms with Crippen LogP contribution in [0, 0.1) is 6.92 Å². The second-order valence-corrected chi connectivity index (χ2v) is 8.32. The van der Waals surface area contributed by atoms with Crippen molar-refractivity contribution in [2.75, 3.05) is 19.7 Å². The van der Waals surface area contributed by atoms with E-state index in [9.17, 15) is 14.4 Å². The number of benzene rings is 1. The molecule has 1 aromatic carbocycles. The second kappa shape index (κ2) is 8.24. The van der Waals surface area contributed by atoms with Gasteiger partial charge in [0.25, 0.3) is 5.91 Å². The van der Waals surface area contributed by atoms with E-state index in [1.165, 1.54) is 6.07 Å². The van der Waals surface area contributed by atoms with Gasteiger partial charge in [-0.2, -0.15) is 0 Å². The standard InChI is InChI=1S/C23H27NO7/c1-4-5-16-12-19(25)30-20-14(2)18(7-6-17(16)20)29-15(3)21(26)24-10-8-23(9-11-24)13-28-22(27)31-23/h6-7,12,15H,4-5,8-11,13H2,1-3H3. The van der Waals surface area contributed by atoms with Crippen LogP contribution in [0.15, 0.2) is 27.4 Å². The topological polar surface area (TPSA) is 95.3 Å². The predicted octanol–water partition coefficient (Wildman–Crippen LogP) is 3.35. The zero-order valence-corrected chi connectivity index (χ0v) is 18.1. The first-order valence-corrected chi connectivity index (χ1v) is 10.7. The molecule has 2 aliphatic heterocycles. The maximum absolute atomic E-state index is 12.9. The van der Waals surface area contributed by atoms with E-state index in [-0.39, 0.29) is 18.1 Å². The maximum atomic E-state index is 12.9. The average Bonchev–Trinajstić information content (AvgIpc) is 3.10. The zero-order valence-electron chi connectivity index (χ0n) is 18.1. The average molecular weight is 429 g/mol. The Hall–Kier alpha value is -3.03. The molecule has 2 fully saturated rings. The van der Waals surface area contributed by atoms with Crippen LogP contribution in [0.25, 0.3) is 11.0 Å². The number of fused-ring (bicyclic) bond motifs is 1. The highest BCUT2D eigenvalue weighted by Gasteiger charge is 2.45. The van der Waals surface area contributed by atoms with Crippen LogP contribution in [0.5, 0.6) is 5.75 Å². The number of aryl methyl sites for hydroxylation is 2. The number of ether oxygens (including phenoxy) is 3. The highest BCUT2D eigenvalue weighted by Crippen LogP contribution is 2.33. The molecular formula is C23H27NO7. The highest BCUT2D eigenvalue weighted by molar-refractivity contribution is 5.85. The van der Waals surface area contributed by atoms with Crippen molar-refractivity contribution in [3.05, 3.63) is 39.7 Å². The highest BCUT2D eigenvalue weighted by atomic mass is 16.8. The Morgan fingerprint density at radius 2 is 2.00 bits per heavy atom. The Balaban J connectivity index is 1.47. The lowest BCUT2D eigenvalue weighted by atomic mass is 9.92. The summed E-state index contributed by atoms with van der Waals surface area (Å²) in [6.45, 7) is 6.77. The van der Waals surface area contributed by atoms with Crippen LogP contribution < -0.4 is 10.4 Å². The van der Waals surface area contributed by atoms with Crippen LogP contribution in [0.1, 0.15) is 44.2 Å². The monoisotopic (exact) mass is 429 g/mol. The van der Waals surface area contributed by atoms with Gasteiger partial charge in [0.2, 0.25) is 0 Å². The first kappa shape index (κ1) is 21.2. The smallest absolute Gasteiger partial charge is 0.480 e. The number of carbonyl (C=O) groups excluding carboxylic acids is 2. The third-order valence-corrected chi connectivity index (χ3v) is 6.11. The van der Waals surface area contributed by atoms with Gasteiger partial charge in [0.1, 0.15) is 17.9 Å². The van der Waals surface area contributed by atoms with Gasteiger partial charge in [0, 0.05) is 42.9 Å². The molecule has 2 aromatic rings. The zero-order chi connectivity index (χ0) is 22.2. The molecule has 166 valence electrons. The number of nitrogens with zero attached hydrogens (tertiary/aromatic N) is 1. The largest absolute Gasteiger partial charge is 0.509 e. The first-order chi connectivity index (χ1) is 14.8. The van der Waals surface area contributed by atoms with E-state index in [0.717, 1.165) is 23.8 Å². The summed E-state index contributed by atoms with van der Waals surface area (Å²) < 4.78 is 21.7. The number of carbonyl (C=O) groups is 2. The summed E-state index contributed by atoms with van der Waals surface area (Å²) in [5.41, 5.74) is 1.14. The quantitative estimate of drug-likeness (QED) is 0.531. The number of piperidine rings is 1. The van der Waals surface area contributed by atoms with Gasteiger partial charge in [0.05, 0.1) is 0 Å². The van der Waals surface area contributed by atoms with E-state index in [4.69, 9.17) is 18.6 Å². The molecule has 1 amide bonds. The first-order valence-electron chi connectivity index (χ1n) is 10.7. The summed E-state index contributed by atoms with van der Waals surface area (Å²) in [7, 11) is 0. The molecule has 0 radical (unpaired) electrons. The molecule has 1 spiro atoms. The van der Waals surface area contributed by atoms with Crippen molar-refractivity contribution in [3.8, 4) is 5.75 Å². The van der Waals surface area contributed by atoms with Crippen LogP contribution in [-0.2, 0) is 20.7 Å². The fourth-order valence-electron chi connectivity index (χ4n) is 4.32. The minimum absolute atomic E-state index is 0.138. The molecule has 1 atom stereocenters. The van der Waals surface area contributed by atoms with Gasteiger partial charge in [-0.3, -0.25) is 4.79 Å². The minimum Gasteiger partial charge on any atom is -0.480 e. The van der Waals surface area contributed by atoms with Crippen molar-refractivity contribution in [2.24, 2.45) is 0 Å². The molecule has 0 bridgehead atoms. The number of amides is 1. The molecule has 1 aromatic heterocycles. The molecule has 2 aliphatic rings. The van der Waals surface area contributed by atoms with Gasteiger partial charge in [-0.1, -0.05) is 13.3 Å².